The number of anilines is 1. The molecule has 3 heterocycles. The molecule has 2 N–H and O–H groups in total. The number of carbonyl (C=O) groups is 2. The summed E-state index contributed by atoms with van der Waals surface area (Å²) in [6, 6.07) is 14.6. The minimum Gasteiger partial charge on any atom is -0.361 e. The number of benzene rings is 2. The van der Waals surface area contributed by atoms with E-state index in [0.29, 0.717) is 24.2 Å². The van der Waals surface area contributed by atoms with Gasteiger partial charge in [-0.05, 0) is 59.7 Å². The average molecular weight is 389 g/mol. The van der Waals surface area contributed by atoms with Crippen molar-refractivity contribution in [3.63, 3.8) is 0 Å². The van der Waals surface area contributed by atoms with Crippen LogP contribution >= 0.6 is 0 Å². The standard InChI is InChI=1S/C20H19N7O2/c28-18-16-4-1-2-5-17(16)22-20(23-18)10-3-11-26(12-20)19(29)14-6-8-15(9-7-14)27-13-21-24-25-27/h1-2,4-9,13,22H,3,10-12H2,(H,23,28). The van der Waals surface area contributed by atoms with Crippen LogP contribution in [0.2, 0.25) is 0 Å². The Hall–Kier alpha value is -3.75. The molecular weight excluding hydrogens is 370 g/mol. The molecule has 0 saturated carbocycles. The van der Waals surface area contributed by atoms with Crippen LogP contribution < -0.4 is 10.6 Å². The van der Waals surface area contributed by atoms with Gasteiger partial charge in [-0.15, -0.1) is 5.10 Å². The number of aromatic nitrogens is 4. The first-order chi connectivity index (χ1) is 14.1. The molecule has 1 atom stereocenters. The molecule has 5 rings (SSSR count). The van der Waals surface area contributed by atoms with Gasteiger partial charge in [-0.2, -0.15) is 0 Å². The fourth-order valence-electron chi connectivity index (χ4n) is 4.02. The van der Waals surface area contributed by atoms with Gasteiger partial charge in [-0.3, -0.25) is 9.59 Å². The third kappa shape index (κ3) is 3.10. The van der Waals surface area contributed by atoms with Crippen molar-refractivity contribution >= 4 is 17.5 Å². The van der Waals surface area contributed by atoms with E-state index in [-0.39, 0.29) is 11.8 Å². The predicted octanol–water partition coefficient (Wildman–Crippen LogP) is 1.45. The number of para-hydroxylation sites is 1. The molecule has 0 radical (unpaired) electrons. The second kappa shape index (κ2) is 6.69. The molecule has 9 nitrogen and oxygen atoms in total. The van der Waals surface area contributed by atoms with E-state index in [1.165, 1.54) is 11.0 Å². The molecule has 2 aliphatic rings. The van der Waals surface area contributed by atoms with E-state index < -0.39 is 5.66 Å². The lowest BCUT2D eigenvalue weighted by molar-refractivity contribution is 0.0592. The summed E-state index contributed by atoms with van der Waals surface area (Å²) in [5.41, 5.74) is 2.14. The quantitative estimate of drug-likeness (QED) is 0.687. The molecule has 0 bridgehead atoms. The zero-order valence-corrected chi connectivity index (χ0v) is 15.6. The van der Waals surface area contributed by atoms with Crippen molar-refractivity contribution in [1.29, 1.82) is 0 Å². The summed E-state index contributed by atoms with van der Waals surface area (Å²) in [5, 5.41) is 17.6. The number of nitrogens with zero attached hydrogens (tertiary/aromatic N) is 5. The highest BCUT2D eigenvalue weighted by atomic mass is 16.2. The van der Waals surface area contributed by atoms with Gasteiger partial charge in [-0.1, -0.05) is 12.1 Å². The van der Waals surface area contributed by atoms with Crippen molar-refractivity contribution < 1.29 is 9.59 Å². The summed E-state index contributed by atoms with van der Waals surface area (Å²) in [6.07, 6.45) is 3.06. The Morgan fingerprint density at radius 2 is 1.90 bits per heavy atom. The number of hydrogen-bond donors (Lipinski definition) is 2. The van der Waals surface area contributed by atoms with Crippen LogP contribution in [-0.4, -0.2) is 55.7 Å². The summed E-state index contributed by atoms with van der Waals surface area (Å²) < 4.78 is 1.53. The Morgan fingerprint density at radius 1 is 1.07 bits per heavy atom. The average Bonchev–Trinajstić information content (AvgIpc) is 3.28. The normalized spacial score (nSPS) is 20.7. The van der Waals surface area contributed by atoms with Crippen LogP contribution in [0.5, 0.6) is 0 Å². The van der Waals surface area contributed by atoms with Crippen LogP contribution in [0, 0.1) is 0 Å². The van der Waals surface area contributed by atoms with Gasteiger partial charge in [0.15, 0.2) is 0 Å². The molecule has 3 aromatic rings. The number of piperidine rings is 1. The summed E-state index contributed by atoms with van der Waals surface area (Å²) in [5.74, 6) is -0.179. The van der Waals surface area contributed by atoms with Crippen molar-refractivity contribution in [3.05, 3.63) is 66.0 Å². The molecule has 1 fully saturated rings. The number of hydrogen-bond acceptors (Lipinski definition) is 6. The highest BCUT2D eigenvalue weighted by Crippen LogP contribution is 2.31. The van der Waals surface area contributed by atoms with E-state index in [4.69, 9.17) is 0 Å². The monoisotopic (exact) mass is 389 g/mol. The van der Waals surface area contributed by atoms with Gasteiger partial charge in [0.2, 0.25) is 0 Å². The maximum Gasteiger partial charge on any atom is 0.255 e. The summed E-state index contributed by atoms with van der Waals surface area (Å²) >= 11 is 0. The van der Waals surface area contributed by atoms with E-state index in [9.17, 15) is 9.59 Å². The summed E-state index contributed by atoms with van der Waals surface area (Å²) in [6.45, 7) is 1.05. The first kappa shape index (κ1) is 17.4. The molecule has 1 aromatic heterocycles. The van der Waals surface area contributed by atoms with Crippen LogP contribution in [0.25, 0.3) is 5.69 Å². The summed E-state index contributed by atoms with van der Waals surface area (Å²) in [4.78, 5) is 27.5. The van der Waals surface area contributed by atoms with E-state index in [1.807, 2.05) is 18.2 Å². The number of amides is 2. The van der Waals surface area contributed by atoms with Crippen molar-refractivity contribution in [2.24, 2.45) is 0 Å². The smallest absolute Gasteiger partial charge is 0.255 e. The van der Waals surface area contributed by atoms with Crippen molar-refractivity contribution in [1.82, 2.24) is 30.4 Å². The maximum atomic E-state index is 13.1. The molecule has 9 heteroatoms. The Kier molecular flexibility index (Phi) is 4.01. The minimum atomic E-state index is -0.647. The fraction of sp³-hybridized carbons (Fsp3) is 0.250. The number of rotatable bonds is 2. The van der Waals surface area contributed by atoms with Crippen molar-refractivity contribution in [2.45, 2.75) is 18.5 Å². The molecular formula is C20H19N7O2. The zero-order chi connectivity index (χ0) is 19.8. The molecule has 146 valence electrons. The van der Waals surface area contributed by atoms with E-state index in [0.717, 1.165) is 24.2 Å². The van der Waals surface area contributed by atoms with Gasteiger partial charge < -0.3 is 15.5 Å². The van der Waals surface area contributed by atoms with E-state index in [1.54, 1.807) is 35.2 Å². The lowest BCUT2D eigenvalue weighted by Gasteiger charge is -2.46. The van der Waals surface area contributed by atoms with Crippen LogP contribution in [0.1, 0.15) is 33.6 Å². The SMILES string of the molecule is O=C1NC2(CCCN(C(=O)c3ccc(-n4cnnn4)cc3)C2)Nc2ccccc21. The van der Waals surface area contributed by atoms with Crippen LogP contribution in [0.4, 0.5) is 5.69 Å². The Balaban J connectivity index is 1.36. The number of fused-ring (bicyclic) bond motifs is 1. The van der Waals surface area contributed by atoms with Gasteiger partial charge in [0.25, 0.3) is 11.8 Å². The molecule has 0 aliphatic carbocycles. The first-order valence-electron chi connectivity index (χ1n) is 9.46. The van der Waals surface area contributed by atoms with Crippen LogP contribution in [0.15, 0.2) is 54.9 Å². The lowest BCUT2D eigenvalue weighted by atomic mass is 9.93. The number of likely N-dealkylation sites (tertiary alicyclic amines) is 1. The first-order valence-corrected chi connectivity index (χ1v) is 9.46. The van der Waals surface area contributed by atoms with Crippen LogP contribution in [-0.2, 0) is 0 Å². The largest absolute Gasteiger partial charge is 0.361 e. The summed E-state index contributed by atoms with van der Waals surface area (Å²) in [7, 11) is 0. The second-order valence-corrected chi connectivity index (χ2v) is 7.34. The molecule has 1 spiro atoms. The van der Waals surface area contributed by atoms with Gasteiger partial charge in [-0.25, -0.2) is 4.68 Å². The van der Waals surface area contributed by atoms with Gasteiger partial charge >= 0.3 is 0 Å². The van der Waals surface area contributed by atoms with Gasteiger partial charge in [0.1, 0.15) is 12.0 Å². The molecule has 29 heavy (non-hydrogen) atoms. The third-order valence-electron chi connectivity index (χ3n) is 5.41. The molecule has 2 aliphatic heterocycles. The fourth-order valence-corrected chi connectivity index (χ4v) is 4.02. The Labute approximate surface area is 166 Å². The number of nitrogens with one attached hydrogen (secondary N) is 2. The highest BCUT2D eigenvalue weighted by Gasteiger charge is 2.42. The predicted molar refractivity (Wildman–Crippen MR) is 105 cm³/mol. The highest BCUT2D eigenvalue weighted by molar-refractivity contribution is 6.02. The van der Waals surface area contributed by atoms with Gasteiger partial charge in [0, 0.05) is 17.8 Å². The Morgan fingerprint density at radius 3 is 2.69 bits per heavy atom. The molecule has 1 unspecified atom stereocenters. The van der Waals surface area contributed by atoms with Crippen molar-refractivity contribution in [2.75, 3.05) is 18.4 Å². The molecule has 2 aromatic carbocycles. The Bertz CT molecular complexity index is 1060. The second-order valence-electron chi connectivity index (χ2n) is 7.34. The van der Waals surface area contributed by atoms with Crippen LogP contribution in [0.3, 0.4) is 0 Å². The number of carbonyl (C=O) groups excluding carboxylic acids is 2. The zero-order valence-electron chi connectivity index (χ0n) is 15.6. The minimum absolute atomic E-state index is 0.0674. The molecule has 1 saturated heterocycles. The van der Waals surface area contributed by atoms with Crippen molar-refractivity contribution in [3.8, 4) is 5.69 Å². The van der Waals surface area contributed by atoms with E-state index in [2.05, 4.69) is 26.2 Å². The maximum absolute atomic E-state index is 13.1. The lowest BCUT2D eigenvalue weighted by Crippen LogP contribution is -2.66. The van der Waals surface area contributed by atoms with E-state index >= 15 is 0 Å². The third-order valence-corrected chi connectivity index (χ3v) is 5.41. The van der Waals surface area contributed by atoms with Gasteiger partial charge in [0.05, 0.1) is 17.8 Å². The number of tetrazole rings is 1. The molecule has 2 amide bonds. The topological polar surface area (TPSA) is 105 Å².